The van der Waals surface area contributed by atoms with Crippen molar-refractivity contribution >= 4 is 23.7 Å². The van der Waals surface area contributed by atoms with Crippen molar-refractivity contribution in [3.63, 3.8) is 0 Å². The molecule has 0 saturated carbocycles. The minimum absolute atomic E-state index is 0.261. The first-order valence-electron chi connectivity index (χ1n) is 6.88. The van der Waals surface area contributed by atoms with Gasteiger partial charge in [-0.05, 0) is 25.3 Å². The van der Waals surface area contributed by atoms with Gasteiger partial charge in [-0.3, -0.25) is 4.79 Å². The molecule has 2 heterocycles. The average Bonchev–Trinajstić information content (AvgIpc) is 2.46. The molecule has 0 bridgehead atoms. The molecule has 6 nitrogen and oxygen atoms in total. The summed E-state index contributed by atoms with van der Waals surface area (Å²) in [5, 5.41) is 9.01. The number of hydrogen-bond donors (Lipinski definition) is 2. The van der Waals surface area contributed by atoms with Crippen LogP contribution >= 0.6 is 0 Å². The van der Waals surface area contributed by atoms with Gasteiger partial charge in [-0.15, -0.1) is 0 Å². The number of carbonyl (C=O) groups is 1. The molecule has 20 heavy (non-hydrogen) atoms. The summed E-state index contributed by atoms with van der Waals surface area (Å²) >= 11 is 0. The van der Waals surface area contributed by atoms with E-state index in [1.54, 1.807) is 6.20 Å². The van der Waals surface area contributed by atoms with E-state index < -0.39 is 5.97 Å². The van der Waals surface area contributed by atoms with E-state index in [1.165, 1.54) is 0 Å². The summed E-state index contributed by atoms with van der Waals surface area (Å²) in [7, 11) is 0. The molecule has 3 N–H and O–H groups in total. The summed E-state index contributed by atoms with van der Waals surface area (Å²) in [6.45, 7) is 3.35. The van der Waals surface area contributed by atoms with Crippen LogP contribution in [-0.2, 0) is 4.79 Å². The number of anilines is 2. The Morgan fingerprint density at radius 2 is 2.25 bits per heavy atom. The molecule has 0 unspecified atom stereocenters. The lowest BCUT2D eigenvalue weighted by atomic mass is 9.97. The Balaban J connectivity index is 2.12. The molecule has 1 aliphatic rings. The third kappa shape index (κ3) is 3.26. The van der Waals surface area contributed by atoms with Gasteiger partial charge in [0.25, 0.3) is 0 Å². The Hall–Kier alpha value is -2.11. The molecule has 1 aromatic heterocycles. The van der Waals surface area contributed by atoms with Gasteiger partial charge in [-0.25, -0.2) is 9.97 Å². The third-order valence-electron chi connectivity index (χ3n) is 3.47. The number of aliphatic carboxylic acids is 1. The van der Waals surface area contributed by atoms with Crippen LogP contribution in [-0.4, -0.2) is 34.1 Å². The SMILES string of the molecule is CCC=Cc1cnc(N)c(N2CCC(C(=O)O)CC2)n1. The van der Waals surface area contributed by atoms with Crippen LogP contribution in [0, 0.1) is 5.92 Å². The van der Waals surface area contributed by atoms with Gasteiger partial charge < -0.3 is 15.7 Å². The van der Waals surface area contributed by atoms with E-state index in [1.807, 2.05) is 17.1 Å². The van der Waals surface area contributed by atoms with Crippen LogP contribution in [0.4, 0.5) is 11.6 Å². The Kier molecular flexibility index (Phi) is 4.55. The van der Waals surface area contributed by atoms with Gasteiger partial charge >= 0.3 is 5.97 Å². The van der Waals surface area contributed by atoms with Crippen molar-refractivity contribution in [3.8, 4) is 0 Å². The summed E-state index contributed by atoms with van der Waals surface area (Å²) in [6.07, 6.45) is 7.75. The number of nitrogen functional groups attached to an aromatic ring is 1. The molecule has 0 aromatic carbocycles. The lowest BCUT2D eigenvalue weighted by Crippen LogP contribution is -2.37. The van der Waals surface area contributed by atoms with Crippen molar-refractivity contribution in [1.82, 2.24) is 9.97 Å². The number of rotatable bonds is 4. The topological polar surface area (TPSA) is 92.3 Å². The van der Waals surface area contributed by atoms with Gasteiger partial charge in [0.15, 0.2) is 11.6 Å². The first kappa shape index (κ1) is 14.3. The van der Waals surface area contributed by atoms with Gasteiger partial charge in [0, 0.05) is 13.1 Å². The highest BCUT2D eigenvalue weighted by molar-refractivity contribution is 5.70. The quantitative estimate of drug-likeness (QED) is 0.871. The van der Waals surface area contributed by atoms with Crippen LogP contribution in [0.3, 0.4) is 0 Å². The molecule has 0 radical (unpaired) electrons. The Morgan fingerprint density at radius 3 is 2.85 bits per heavy atom. The van der Waals surface area contributed by atoms with E-state index in [0.29, 0.717) is 37.6 Å². The maximum atomic E-state index is 11.0. The van der Waals surface area contributed by atoms with Crippen molar-refractivity contribution in [2.75, 3.05) is 23.7 Å². The fraction of sp³-hybridized carbons (Fsp3) is 0.500. The summed E-state index contributed by atoms with van der Waals surface area (Å²) in [4.78, 5) is 21.7. The predicted molar refractivity (Wildman–Crippen MR) is 78.3 cm³/mol. The molecule has 1 aliphatic heterocycles. The molecule has 2 rings (SSSR count). The molecule has 0 amide bonds. The summed E-state index contributed by atoms with van der Waals surface area (Å²) in [5.74, 6) is 0.0754. The maximum absolute atomic E-state index is 11.0. The normalized spacial score (nSPS) is 16.8. The Labute approximate surface area is 118 Å². The number of carboxylic acids is 1. The third-order valence-corrected chi connectivity index (χ3v) is 3.47. The molecule has 0 atom stereocenters. The molecule has 6 heteroatoms. The zero-order chi connectivity index (χ0) is 14.5. The van der Waals surface area contributed by atoms with E-state index in [-0.39, 0.29) is 5.92 Å². The summed E-state index contributed by atoms with van der Waals surface area (Å²) in [5.41, 5.74) is 6.66. The van der Waals surface area contributed by atoms with Crippen molar-refractivity contribution in [3.05, 3.63) is 18.0 Å². The first-order chi connectivity index (χ1) is 9.61. The minimum Gasteiger partial charge on any atom is -0.481 e. The van der Waals surface area contributed by atoms with Gasteiger partial charge in [0.05, 0.1) is 17.8 Å². The first-order valence-corrected chi connectivity index (χ1v) is 6.88. The lowest BCUT2D eigenvalue weighted by Gasteiger charge is -2.31. The van der Waals surface area contributed by atoms with Crippen molar-refractivity contribution < 1.29 is 9.90 Å². The van der Waals surface area contributed by atoms with Gasteiger partial charge in [-0.2, -0.15) is 0 Å². The summed E-state index contributed by atoms with van der Waals surface area (Å²) in [6, 6.07) is 0. The largest absolute Gasteiger partial charge is 0.481 e. The lowest BCUT2D eigenvalue weighted by molar-refractivity contribution is -0.142. The number of nitrogens with two attached hydrogens (primary N) is 1. The second-order valence-corrected chi connectivity index (χ2v) is 4.91. The fourth-order valence-electron chi connectivity index (χ4n) is 2.29. The fourth-order valence-corrected chi connectivity index (χ4v) is 2.29. The standard InChI is InChI=1S/C14H20N4O2/c1-2-3-4-11-9-16-12(15)13(17-11)18-7-5-10(6-8-18)14(19)20/h3-4,9-10H,2,5-8H2,1H3,(H2,15,16)(H,19,20). The van der Waals surface area contributed by atoms with Crippen LogP contribution < -0.4 is 10.6 Å². The maximum Gasteiger partial charge on any atom is 0.306 e. The van der Waals surface area contributed by atoms with Crippen LogP contribution in [0.2, 0.25) is 0 Å². The van der Waals surface area contributed by atoms with E-state index >= 15 is 0 Å². The highest BCUT2D eigenvalue weighted by atomic mass is 16.4. The van der Waals surface area contributed by atoms with Gasteiger partial charge in [0.1, 0.15) is 0 Å². The number of allylic oxidation sites excluding steroid dienone is 1. The monoisotopic (exact) mass is 276 g/mol. The second-order valence-electron chi connectivity index (χ2n) is 4.91. The molecule has 1 saturated heterocycles. The average molecular weight is 276 g/mol. The van der Waals surface area contributed by atoms with Crippen LogP contribution in [0.5, 0.6) is 0 Å². The zero-order valence-corrected chi connectivity index (χ0v) is 11.6. The highest BCUT2D eigenvalue weighted by Gasteiger charge is 2.26. The zero-order valence-electron chi connectivity index (χ0n) is 11.6. The minimum atomic E-state index is -0.719. The van der Waals surface area contributed by atoms with Crippen molar-refractivity contribution in [2.24, 2.45) is 5.92 Å². The van der Waals surface area contributed by atoms with Crippen LogP contribution in [0.25, 0.3) is 6.08 Å². The predicted octanol–water partition coefficient (Wildman–Crippen LogP) is 1.78. The van der Waals surface area contributed by atoms with E-state index in [9.17, 15) is 4.79 Å². The number of aromatic nitrogens is 2. The molecule has 1 fully saturated rings. The van der Waals surface area contributed by atoms with Crippen molar-refractivity contribution in [1.29, 1.82) is 0 Å². The van der Waals surface area contributed by atoms with E-state index in [0.717, 1.165) is 12.1 Å². The molecular formula is C14H20N4O2. The van der Waals surface area contributed by atoms with E-state index in [2.05, 4.69) is 16.9 Å². The van der Waals surface area contributed by atoms with Gasteiger partial charge in [0.2, 0.25) is 0 Å². The molecule has 1 aromatic rings. The number of hydrogen-bond acceptors (Lipinski definition) is 5. The number of carboxylic acid groups (broad SMARTS) is 1. The number of nitrogens with zero attached hydrogens (tertiary/aromatic N) is 3. The van der Waals surface area contributed by atoms with E-state index in [4.69, 9.17) is 10.8 Å². The smallest absolute Gasteiger partial charge is 0.306 e. The second kappa shape index (κ2) is 6.36. The van der Waals surface area contributed by atoms with Crippen LogP contribution in [0.1, 0.15) is 31.9 Å². The van der Waals surface area contributed by atoms with Crippen LogP contribution in [0.15, 0.2) is 12.3 Å². The Morgan fingerprint density at radius 1 is 1.55 bits per heavy atom. The molecule has 0 aliphatic carbocycles. The molecule has 0 spiro atoms. The molecular weight excluding hydrogens is 256 g/mol. The van der Waals surface area contributed by atoms with Gasteiger partial charge in [-0.1, -0.05) is 13.0 Å². The number of piperidine rings is 1. The Bertz CT molecular complexity index is 508. The molecule has 108 valence electrons. The van der Waals surface area contributed by atoms with Crippen molar-refractivity contribution in [2.45, 2.75) is 26.2 Å². The summed E-state index contributed by atoms with van der Waals surface area (Å²) < 4.78 is 0. The highest BCUT2D eigenvalue weighted by Crippen LogP contribution is 2.25.